The van der Waals surface area contributed by atoms with Gasteiger partial charge in [-0.2, -0.15) is 0 Å². The monoisotopic (exact) mass is 1800 g/mol. The third kappa shape index (κ3) is 62.1. The van der Waals surface area contributed by atoms with E-state index in [1.165, 1.54) is 71.9 Å². The average molecular weight is 1800 g/mol. The van der Waals surface area contributed by atoms with E-state index >= 15 is 0 Å². The second-order valence-corrected chi connectivity index (χ2v) is 34.2. The maximum absolute atomic E-state index is 12.5. The quantitative estimate of drug-likeness (QED) is 0.0535. The van der Waals surface area contributed by atoms with Crippen molar-refractivity contribution >= 4 is 12.1 Å². The topological polar surface area (TPSA) is 127 Å². The highest BCUT2D eigenvalue weighted by atomic mass is 16.5. The van der Waals surface area contributed by atoms with E-state index in [-0.39, 0.29) is 18.0 Å². The van der Waals surface area contributed by atoms with Gasteiger partial charge in [0.25, 0.3) is 0 Å². The molecule has 0 radical (unpaired) electrons. The zero-order valence-electron chi connectivity index (χ0n) is 91.6. The molecule has 10 nitrogen and oxygen atoms in total. The van der Waals surface area contributed by atoms with E-state index in [0.717, 1.165) is 114 Å². The minimum Gasteiger partial charge on any atom is -0.491 e. The second kappa shape index (κ2) is 86.3. The Balaban J connectivity index is -0.000000330. The number of ether oxygens (including phenoxy) is 3. The Morgan fingerprint density at radius 3 is 1.29 bits per heavy atom. The molecule has 14 rings (SSSR count). The Hall–Kier alpha value is -9.14. The second-order valence-electron chi connectivity index (χ2n) is 34.2. The number of allylic oxidation sites excluding steroid dienone is 4. The number of hydrogen-bond acceptors (Lipinski definition) is 10. The van der Waals surface area contributed by atoms with Gasteiger partial charge in [0.1, 0.15) is 11.5 Å². The Labute approximate surface area is 808 Å². The summed E-state index contributed by atoms with van der Waals surface area (Å²) in [4.78, 5) is 23.3. The fourth-order valence-electron chi connectivity index (χ4n) is 13.2. The minimum atomic E-state index is 0.0577. The SMILES string of the molecule is C1#CCCCCCC1.C1=CCC=C1.CC.CC.CC.CC.CC.CC.CC.CC.CC(C)C.CC(C)C.CC(C)C.CC(C)C1C2CCC#CCCC21.CC(C)C1Cc2ccccc2C#Cc2ccccc21.CC1=C(C(C)C)C2C=CC1O2.Cc1cc(C(=O)c2ccccc2)c(C)cc1OC(C)C.Cc1cccc(OC(C)C)c1C=O.Cc1nnc(C(C)C)nn1.c1ccoc1. The average Bonchev–Trinajstić information content (AvgIpc) is 1.60. The molecule has 0 N–H and O–H groups in total. The molecular weight excluding hydrogens is 1610 g/mol. The van der Waals surface area contributed by atoms with Gasteiger partial charge in [0.05, 0.1) is 42.5 Å². The van der Waals surface area contributed by atoms with Gasteiger partial charge in [-0.25, -0.2) is 0 Å². The van der Waals surface area contributed by atoms with Crippen LogP contribution in [0.4, 0.5) is 0 Å². The summed E-state index contributed by atoms with van der Waals surface area (Å²) in [5.41, 5.74) is 13.1. The fourth-order valence-corrected chi connectivity index (χ4v) is 13.2. The van der Waals surface area contributed by atoms with Crippen molar-refractivity contribution in [1.29, 1.82) is 0 Å². The van der Waals surface area contributed by atoms with Crippen molar-refractivity contribution in [2.45, 2.75) is 404 Å². The molecule has 10 heteroatoms. The van der Waals surface area contributed by atoms with Gasteiger partial charge in [0.15, 0.2) is 23.7 Å². The van der Waals surface area contributed by atoms with Crippen molar-refractivity contribution in [1.82, 2.24) is 20.4 Å². The van der Waals surface area contributed by atoms with E-state index in [9.17, 15) is 9.59 Å². The summed E-state index contributed by atoms with van der Waals surface area (Å²) in [6.07, 6.45) is 32.6. The summed E-state index contributed by atoms with van der Waals surface area (Å²) in [7, 11) is 0. The standard InChI is InChI=1S/C19H18.C18H20O2.C12H18.C11H14O2.C10H14O.C8H12.C6H10N4.C5H6.C4H4O.3C4H10.8C2H6/c1-14(2)19-13-17-9-4-3-7-15(17)11-12-16-8-5-6-10-18(16)19;1-12(2)20-17-11-13(3)16(10-14(17)4)18(19)15-8-6-5-7-9-15;1-9(2)12-10-7-5-3-4-6-8-11(10)12;1-8(2)13-11-6-4-5-9(3)10(11)7-12;1-6(2)10-7(3)8-4-5-9(10)11-8;1-2-4-6-8-7-5-3-1;1-4(2)6-9-7-5(3)8-10-6;2*1-2-4-5-3-1;3*1-4(2)3;8*1-2/h3-10,14,19H,13H2,1-2H3;5-12H,1-4H3;9-12H,5-8H2,1-2H3;4-8H,1-3H3;4-6,8-9H,1-3H3;1-6H2;4H,1-3H3;1-4H,5H2;1-4H;3*4H,1-3H3;8*1-2H3. The lowest BCUT2D eigenvalue weighted by atomic mass is 9.79. The van der Waals surface area contributed by atoms with Crippen LogP contribution in [0, 0.1) is 116 Å². The van der Waals surface area contributed by atoms with E-state index < -0.39 is 0 Å². The summed E-state index contributed by atoms with van der Waals surface area (Å²) < 4.78 is 21.5. The largest absolute Gasteiger partial charge is 0.491 e. The Morgan fingerprint density at radius 1 is 0.443 bits per heavy atom. The van der Waals surface area contributed by atoms with Gasteiger partial charge in [-0.3, -0.25) is 9.59 Å². The number of aldehydes is 1. The predicted octanol–water partition coefficient (Wildman–Crippen LogP) is 35.7. The normalized spacial score (nSPS) is 15.7. The van der Waals surface area contributed by atoms with Gasteiger partial charge in [-0.15, -0.1) is 44.1 Å². The molecule has 5 unspecified atom stereocenters. The van der Waals surface area contributed by atoms with Crippen molar-refractivity contribution in [2.24, 2.45) is 53.3 Å². The highest BCUT2D eigenvalue weighted by molar-refractivity contribution is 6.10. The molecular formula is C121H194N4O6. The molecule has 5 atom stereocenters. The number of rotatable bonds is 11. The first-order valence-electron chi connectivity index (χ1n) is 50.9. The molecule has 1 fully saturated rings. The van der Waals surface area contributed by atoms with Crippen molar-refractivity contribution in [2.75, 3.05) is 0 Å². The smallest absolute Gasteiger partial charge is 0.193 e. The number of nitrogens with zero attached hydrogens (tertiary/aromatic N) is 4. The van der Waals surface area contributed by atoms with Crippen LogP contribution < -0.4 is 9.47 Å². The molecule has 2 aromatic heterocycles. The predicted molar refractivity (Wildman–Crippen MR) is 577 cm³/mol. The maximum atomic E-state index is 12.5. The lowest BCUT2D eigenvalue weighted by molar-refractivity contribution is 0.103. The maximum Gasteiger partial charge on any atom is 0.193 e. The van der Waals surface area contributed by atoms with E-state index in [2.05, 4.69) is 256 Å². The molecule has 7 aliphatic rings. The molecule has 1 saturated carbocycles. The summed E-state index contributed by atoms with van der Waals surface area (Å²) in [6.45, 7) is 87.0. The number of furan rings is 1. The van der Waals surface area contributed by atoms with Crippen LogP contribution in [0.3, 0.4) is 0 Å². The number of aromatic nitrogens is 4. The van der Waals surface area contributed by atoms with Crippen LogP contribution in [0.1, 0.15) is 422 Å². The molecule has 734 valence electrons. The van der Waals surface area contributed by atoms with Gasteiger partial charge in [-0.1, -0.05) is 368 Å². The lowest BCUT2D eigenvalue weighted by Crippen LogP contribution is -2.13. The molecule has 0 saturated heterocycles. The van der Waals surface area contributed by atoms with Crippen LogP contribution in [0.15, 0.2) is 186 Å². The zero-order valence-corrected chi connectivity index (χ0v) is 91.6. The first kappa shape index (κ1) is 133. The molecule has 7 aromatic rings. The van der Waals surface area contributed by atoms with E-state index in [0.29, 0.717) is 64.4 Å². The van der Waals surface area contributed by atoms with Crippen LogP contribution in [0.25, 0.3) is 0 Å². The van der Waals surface area contributed by atoms with Crippen molar-refractivity contribution in [3.8, 4) is 47.0 Å². The Bertz CT molecular complexity index is 4130. The van der Waals surface area contributed by atoms with Crippen LogP contribution >= 0.6 is 0 Å². The Kier molecular flexibility index (Phi) is 87.3. The van der Waals surface area contributed by atoms with Gasteiger partial charge >= 0.3 is 0 Å². The third-order valence-corrected chi connectivity index (χ3v) is 18.6. The fraction of sp³-hybridized carbons (Fsp3) is 0.570. The van der Waals surface area contributed by atoms with Crippen LogP contribution in [-0.4, -0.2) is 56.9 Å². The molecule has 0 amide bonds. The van der Waals surface area contributed by atoms with E-state index in [4.69, 9.17) is 14.2 Å². The van der Waals surface area contributed by atoms with Crippen molar-refractivity contribution in [3.05, 3.63) is 249 Å². The van der Waals surface area contributed by atoms with Crippen LogP contribution in [0.5, 0.6) is 11.5 Å². The number of ketones is 1. The number of fused-ring (bicyclic) bond motifs is 5. The molecule has 5 aliphatic carbocycles. The number of aryl methyl sites for hydroxylation is 4. The lowest BCUT2D eigenvalue weighted by Gasteiger charge is -2.24. The summed E-state index contributed by atoms with van der Waals surface area (Å²) in [5, 5.41) is 15.3. The van der Waals surface area contributed by atoms with Gasteiger partial charge in [0, 0.05) is 53.9 Å². The molecule has 2 aliphatic heterocycles. The summed E-state index contributed by atoms with van der Waals surface area (Å²) in [5.74, 6) is 31.0. The number of carbonyl (C=O) groups excluding carboxylic acids is 2. The summed E-state index contributed by atoms with van der Waals surface area (Å²) >= 11 is 0. The molecule has 131 heavy (non-hydrogen) atoms. The number of hydrogen-bond donors (Lipinski definition) is 0. The van der Waals surface area contributed by atoms with Gasteiger partial charge in [0.2, 0.25) is 0 Å². The van der Waals surface area contributed by atoms with Crippen molar-refractivity contribution < 1.29 is 28.2 Å². The van der Waals surface area contributed by atoms with E-state index in [1.54, 1.807) is 19.5 Å². The van der Waals surface area contributed by atoms with E-state index in [1.807, 2.05) is 246 Å². The third-order valence-electron chi connectivity index (χ3n) is 18.6. The first-order valence-corrected chi connectivity index (χ1v) is 50.9. The van der Waals surface area contributed by atoms with Crippen LogP contribution in [0.2, 0.25) is 0 Å². The first-order chi connectivity index (χ1) is 62.8. The Morgan fingerprint density at radius 2 is 0.885 bits per heavy atom. The van der Waals surface area contributed by atoms with Crippen molar-refractivity contribution in [3.63, 3.8) is 0 Å². The molecule has 0 spiro atoms. The molecule has 2 bridgehead atoms. The minimum absolute atomic E-state index is 0.0577. The molecule has 5 aromatic carbocycles. The van der Waals surface area contributed by atoms with Gasteiger partial charge < -0.3 is 18.6 Å². The highest BCUT2D eigenvalue weighted by Gasteiger charge is 2.49. The zero-order chi connectivity index (χ0) is 101. The number of carbonyl (C=O) groups is 2. The van der Waals surface area contributed by atoms with Gasteiger partial charge in [-0.05, 0) is 241 Å². The highest BCUT2D eigenvalue weighted by Crippen LogP contribution is 2.56. The van der Waals surface area contributed by atoms with Crippen LogP contribution in [-0.2, 0) is 11.2 Å². The summed E-state index contributed by atoms with van der Waals surface area (Å²) in [6, 6.07) is 39.6. The number of benzene rings is 5. The molecule has 4 heterocycles.